The Labute approximate surface area is 210 Å². The lowest BCUT2D eigenvalue weighted by Gasteiger charge is -2.43. The molecule has 1 atom stereocenters. The fourth-order valence-corrected chi connectivity index (χ4v) is 6.66. The van der Waals surface area contributed by atoms with Crippen LogP contribution in [-0.4, -0.2) is 36.7 Å². The third kappa shape index (κ3) is 5.61. The number of halogens is 3. The second kappa shape index (κ2) is 9.92. The van der Waals surface area contributed by atoms with Crippen molar-refractivity contribution in [3.8, 4) is 5.75 Å². The van der Waals surface area contributed by atoms with Crippen molar-refractivity contribution in [2.75, 3.05) is 6.61 Å². The lowest BCUT2D eigenvalue weighted by atomic mass is 9.80. The molecular weight excluding hydrogens is 491 g/mol. The Balaban J connectivity index is 1.63. The molecule has 1 aliphatic heterocycles. The van der Waals surface area contributed by atoms with E-state index in [0.29, 0.717) is 30.6 Å². The van der Waals surface area contributed by atoms with Gasteiger partial charge in [-0.25, -0.2) is 12.7 Å². The number of carbonyl (C=O) groups is 1. The molecule has 5 nitrogen and oxygen atoms in total. The van der Waals surface area contributed by atoms with E-state index in [9.17, 15) is 26.4 Å². The molecule has 0 radical (unpaired) electrons. The van der Waals surface area contributed by atoms with E-state index >= 15 is 0 Å². The predicted molar refractivity (Wildman–Crippen MR) is 132 cm³/mol. The highest BCUT2D eigenvalue weighted by molar-refractivity contribution is 7.90. The van der Waals surface area contributed by atoms with Crippen LogP contribution in [0.25, 0.3) is 5.57 Å². The molecule has 0 aromatic heterocycles. The number of nitrogens with zero attached hydrogens (tertiary/aromatic N) is 1. The highest BCUT2D eigenvalue weighted by Crippen LogP contribution is 2.46. The van der Waals surface area contributed by atoms with Gasteiger partial charge in [-0.3, -0.25) is 4.79 Å². The van der Waals surface area contributed by atoms with Gasteiger partial charge in [-0.15, -0.1) is 0 Å². The lowest BCUT2D eigenvalue weighted by molar-refractivity contribution is -0.136. The minimum absolute atomic E-state index is 0.0859. The van der Waals surface area contributed by atoms with Gasteiger partial charge in [-0.05, 0) is 67.0 Å². The van der Waals surface area contributed by atoms with Gasteiger partial charge in [0.05, 0.1) is 17.4 Å². The Morgan fingerprint density at radius 2 is 1.69 bits per heavy atom. The van der Waals surface area contributed by atoms with Gasteiger partial charge in [0, 0.05) is 18.9 Å². The molecule has 9 heteroatoms. The molecule has 36 heavy (non-hydrogen) atoms. The standard InChI is InChI=1S/C27H30F3NO4S/c1-3-19-5-7-20(8-6-19)21-17-25(32)31(36(33,34)24-13-14-24)26(2,18-21)22-9-11-23(12-10-22)35-16-4-15-27(28,29)30/h5-12,17,24H,3-4,13-16,18H2,1-2H3. The molecule has 194 valence electrons. The summed E-state index contributed by atoms with van der Waals surface area (Å²) < 4.78 is 70.3. The predicted octanol–water partition coefficient (Wildman–Crippen LogP) is 5.99. The van der Waals surface area contributed by atoms with Crippen molar-refractivity contribution in [1.29, 1.82) is 0 Å². The number of ether oxygens (including phenoxy) is 1. The first-order valence-corrected chi connectivity index (χ1v) is 13.6. The molecule has 1 heterocycles. The smallest absolute Gasteiger partial charge is 0.389 e. The van der Waals surface area contributed by atoms with E-state index in [1.165, 1.54) is 6.08 Å². The number of rotatable bonds is 9. The van der Waals surface area contributed by atoms with E-state index in [1.54, 1.807) is 31.2 Å². The normalized spacial score (nSPS) is 20.9. The van der Waals surface area contributed by atoms with E-state index in [0.717, 1.165) is 27.4 Å². The quantitative estimate of drug-likeness (QED) is 0.380. The fourth-order valence-electron chi connectivity index (χ4n) is 4.60. The van der Waals surface area contributed by atoms with E-state index in [1.807, 2.05) is 24.3 Å². The highest BCUT2D eigenvalue weighted by Gasteiger charge is 2.52. The number of alkyl halides is 3. The first kappa shape index (κ1) is 26.3. The molecule has 1 fully saturated rings. The summed E-state index contributed by atoms with van der Waals surface area (Å²) in [7, 11) is -3.85. The maximum absolute atomic E-state index is 13.4. The first-order chi connectivity index (χ1) is 16.9. The van der Waals surface area contributed by atoms with Gasteiger partial charge in [0.1, 0.15) is 5.75 Å². The van der Waals surface area contributed by atoms with Crippen molar-refractivity contribution in [2.24, 2.45) is 0 Å². The second-order valence-corrected chi connectivity index (χ2v) is 11.7. The number of amides is 1. The molecule has 2 aromatic rings. The zero-order valence-corrected chi connectivity index (χ0v) is 21.2. The molecular formula is C27H30F3NO4S. The van der Waals surface area contributed by atoms with Crippen LogP contribution < -0.4 is 4.74 Å². The third-order valence-electron chi connectivity index (χ3n) is 6.76. The number of hydrogen-bond acceptors (Lipinski definition) is 4. The zero-order chi connectivity index (χ0) is 26.1. The van der Waals surface area contributed by atoms with E-state index in [-0.39, 0.29) is 13.0 Å². The highest BCUT2D eigenvalue weighted by atomic mass is 32.2. The van der Waals surface area contributed by atoms with Crippen molar-refractivity contribution < 1.29 is 31.1 Å². The Hall–Kier alpha value is -2.81. The number of hydrogen-bond donors (Lipinski definition) is 0. The Kier molecular flexibility index (Phi) is 7.23. The molecule has 0 spiro atoms. The van der Waals surface area contributed by atoms with Crippen LogP contribution in [0.15, 0.2) is 54.6 Å². The largest absolute Gasteiger partial charge is 0.494 e. The van der Waals surface area contributed by atoms with Crippen LogP contribution in [0.4, 0.5) is 13.2 Å². The molecule has 4 rings (SSSR count). The van der Waals surface area contributed by atoms with Gasteiger partial charge in [0.15, 0.2) is 0 Å². The van der Waals surface area contributed by atoms with Crippen molar-refractivity contribution in [2.45, 2.75) is 69.3 Å². The van der Waals surface area contributed by atoms with Gasteiger partial charge in [0.2, 0.25) is 10.0 Å². The summed E-state index contributed by atoms with van der Waals surface area (Å²) in [6.07, 6.45) is -1.65. The average Bonchev–Trinajstić information content (AvgIpc) is 3.67. The molecule has 0 N–H and O–H groups in total. The van der Waals surface area contributed by atoms with Crippen molar-refractivity contribution >= 4 is 21.5 Å². The van der Waals surface area contributed by atoms with E-state index in [4.69, 9.17) is 4.74 Å². The van der Waals surface area contributed by atoms with Crippen molar-refractivity contribution in [3.63, 3.8) is 0 Å². The zero-order valence-electron chi connectivity index (χ0n) is 20.3. The van der Waals surface area contributed by atoms with Crippen LogP contribution in [0.1, 0.15) is 62.6 Å². The summed E-state index contributed by atoms with van der Waals surface area (Å²) in [6, 6.07) is 14.5. The molecule has 1 amide bonds. The summed E-state index contributed by atoms with van der Waals surface area (Å²) >= 11 is 0. The summed E-state index contributed by atoms with van der Waals surface area (Å²) in [5.41, 5.74) is 2.21. The molecule has 2 aromatic carbocycles. The monoisotopic (exact) mass is 521 g/mol. The van der Waals surface area contributed by atoms with Gasteiger partial charge in [-0.2, -0.15) is 13.2 Å². The number of carbonyl (C=O) groups excluding carboxylic acids is 1. The molecule has 2 aliphatic rings. The van der Waals surface area contributed by atoms with Gasteiger partial charge < -0.3 is 4.74 Å². The molecule has 1 unspecified atom stereocenters. The average molecular weight is 522 g/mol. The van der Waals surface area contributed by atoms with Crippen LogP contribution in [-0.2, 0) is 26.8 Å². The van der Waals surface area contributed by atoms with E-state index < -0.39 is 39.3 Å². The maximum Gasteiger partial charge on any atom is 0.389 e. The van der Waals surface area contributed by atoms with Crippen LogP contribution in [0.2, 0.25) is 0 Å². The molecule has 0 saturated heterocycles. The van der Waals surface area contributed by atoms with Gasteiger partial charge in [-0.1, -0.05) is 43.3 Å². The van der Waals surface area contributed by atoms with Crippen LogP contribution >= 0.6 is 0 Å². The maximum atomic E-state index is 13.4. The first-order valence-electron chi connectivity index (χ1n) is 12.1. The Morgan fingerprint density at radius 3 is 2.25 bits per heavy atom. The summed E-state index contributed by atoms with van der Waals surface area (Å²) in [5, 5.41) is -0.559. The van der Waals surface area contributed by atoms with Crippen molar-refractivity contribution in [3.05, 3.63) is 71.3 Å². The van der Waals surface area contributed by atoms with Gasteiger partial charge in [0.25, 0.3) is 5.91 Å². The minimum Gasteiger partial charge on any atom is -0.494 e. The van der Waals surface area contributed by atoms with E-state index in [2.05, 4.69) is 6.92 Å². The fraction of sp³-hybridized carbons (Fsp3) is 0.444. The third-order valence-corrected chi connectivity index (χ3v) is 9.17. The number of sulfonamides is 1. The topological polar surface area (TPSA) is 63.7 Å². The van der Waals surface area contributed by atoms with Crippen LogP contribution in [0.3, 0.4) is 0 Å². The second-order valence-electron chi connectivity index (χ2n) is 9.61. The Morgan fingerprint density at radius 1 is 1.06 bits per heavy atom. The van der Waals surface area contributed by atoms with Crippen LogP contribution in [0, 0.1) is 0 Å². The van der Waals surface area contributed by atoms with Gasteiger partial charge >= 0.3 is 6.18 Å². The SMILES string of the molecule is CCc1ccc(C2=CC(=O)N(S(=O)(=O)C3CC3)C(C)(c3ccc(OCCCC(F)(F)F)cc3)C2)cc1. The minimum atomic E-state index is -4.23. The molecule has 1 aliphatic carbocycles. The number of benzene rings is 2. The summed E-state index contributed by atoms with van der Waals surface area (Å²) in [4.78, 5) is 13.3. The molecule has 1 saturated carbocycles. The summed E-state index contributed by atoms with van der Waals surface area (Å²) in [5.74, 6) is -0.188. The van der Waals surface area contributed by atoms with Crippen molar-refractivity contribution in [1.82, 2.24) is 4.31 Å². The lowest BCUT2D eigenvalue weighted by Crippen LogP contribution is -2.53. The van der Waals surface area contributed by atoms with Crippen LogP contribution in [0.5, 0.6) is 5.75 Å². The summed E-state index contributed by atoms with van der Waals surface area (Å²) in [6.45, 7) is 3.72. The number of aryl methyl sites for hydroxylation is 1. The Bertz CT molecular complexity index is 1230. The molecule has 0 bridgehead atoms.